The predicted octanol–water partition coefficient (Wildman–Crippen LogP) is 1.90. The number of aliphatic hydroxyl groups excluding tert-OH is 1. The van der Waals surface area contributed by atoms with Gasteiger partial charge in [-0.05, 0) is 18.4 Å². The Kier molecular flexibility index (Phi) is 5.77. The molecular formula is C20H29NO4. The van der Waals surface area contributed by atoms with E-state index >= 15 is 0 Å². The summed E-state index contributed by atoms with van der Waals surface area (Å²) in [5.41, 5.74) is -0.531. The lowest BCUT2D eigenvalue weighted by Crippen LogP contribution is -2.57. The molecule has 1 aromatic carbocycles. The maximum atomic E-state index is 12.8. The van der Waals surface area contributed by atoms with E-state index in [1.807, 2.05) is 30.3 Å². The van der Waals surface area contributed by atoms with Crippen LogP contribution >= 0.6 is 0 Å². The van der Waals surface area contributed by atoms with Crippen LogP contribution in [0, 0.1) is 0 Å². The lowest BCUT2D eigenvalue weighted by atomic mass is 9.82. The number of carbonyl (C=O) groups is 1. The van der Waals surface area contributed by atoms with Gasteiger partial charge >= 0.3 is 0 Å². The Labute approximate surface area is 149 Å². The van der Waals surface area contributed by atoms with Crippen LogP contribution in [0.15, 0.2) is 30.3 Å². The average Bonchev–Trinajstić information content (AvgIpc) is 2.63. The highest BCUT2D eigenvalue weighted by Gasteiger charge is 2.40. The first-order chi connectivity index (χ1) is 12.0. The fourth-order valence-electron chi connectivity index (χ4n) is 4.06. The number of amides is 1. The fraction of sp³-hybridized carbons (Fsp3) is 0.650. The zero-order valence-electron chi connectivity index (χ0n) is 14.8. The van der Waals surface area contributed by atoms with Crippen LogP contribution in [-0.4, -0.2) is 58.5 Å². The topological polar surface area (TPSA) is 70.0 Å². The van der Waals surface area contributed by atoms with Gasteiger partial charge in [0.25, 0.3) is 0 Å². The fourth-order valence-corrected chi connectivity index (χ4v) is 4.06. The quantitative estimate of drug-likeness (QED) is 0.854. The van der Waals surface area contributed by atoms with Gasteiger partial charge in [-0.1, -0.05) is 49.6 Å². The zero-order valence-corrected chi connectivity index (χ0v) is 14.8. The molecule has 25 heavy (non-hydrogen) atoms. The maximum Gasteiger partial charge on any atom is 0.225 e. The number of nitrogens with zero attached hydrogens (tertiary/aromatic N) is 1. The summed E-state index contributed by atoms with van der Waals surface area (Å²) in [5.74, 6) is -0.0291. The third-order valence-electron chi connectivity index (χ3n) is 5.52. The van der Waals surface area contributed by atoms with Gasteiger partial charge in [0.1, 0.15) is 5.60 Å². The molecular weight excluding hydrogens is 318 g/mol. The van der Waals surface area contributed by atoms with E-state index in [9.17, 15) is 15.0 Å². The van der Waals surface area contributed by atoms with Gasteiger partial charge < -0.3 is 19.8 Å². The van der Waals surface area contributed by atoms with E-state index in [-0.39, 0.29) is 18.9 Å². The van der Waals surface area contributed by atoms with Crippen molar-refractivity contribution >= 4 is 5.91 Å². The number of hydrogen-bond acceptors (Lipinski definition) is 4. The van der Waals surface area contributed by atoms with E-state index < -0.39 is 11.2 Å². The molecule has 0 bridgehead atoms. The van der Waals surface area contributed by atoms with Gasteiger partial charge in [0, 0.05) is 13.0 Å². The van der Waals surface area contributed by atoms with Gasteiger partial charge in [0.05, 0.1) is 31.8 Å². The van der Waals surface area contributed by atoms with E-state index in [4.69, 9.17) is 4.74 Å². The van der Waals surface area contributed by atoms with E-state index in [2.05, 4.69) is 0 Å². The molecule has 0 radical (unpaired) electrons. The summed E-state index contributed by atoms with van der Waals surface area (Å²) in [5, 5.41) is 20.6. The van der Waals surface area contributed by atoms with Crippen molar-refractivity contribution in [1.82, 2.24) is 4.90 Å². The summed E-state index contributed by atoms with van der Waals surface area (Å²) in [4.78, 5) is 14.5. The van der Waals surface area contributed by atoms with Crippen molar-refractivity contribution in [3.63, 3.8) is 0 Å². The van der Waals surface area contributed by atoms with Gasteiger partial charge in [0.15, 0.2) is 0 Å². The molecule has 5 nitrogen and oxygen atoms in total. The largest absolute Gasteiger partial charge is 0.393 e. The van der Waals surface area contributed by atoms with Gasteiger partial charge in [0.2, 0.25) is 5.91 Å². The minimum Gasteiger partial charge on any atom is -0.393 e. The Morgan fingerprint density at radius 3 is 2.56 bits per heavy atom. The molecule has 1 amide bonds. The Bertz CT molecular complexity index is 570. The van der Waals surface area contributed by atoms with Gasteiger partial charge in [-0.2, -0.15) is 0 Å². The summed E-state index contributed by atoms with van der Waals surface area (Å²) in [6.45, 7) is 1.17. The van der Waals surface area contributed by atoms with Crippen molar-refractivity contribution in [3.8, 4) is 0 Å². The Morgan fingerprint density at radius 2 is 1.88 bits per heavy atom. The molecule has 1 aromatic rings. The summed E-state index contributed by atoms with van der Waals surface area (Å²) < 4.78 is 5.91. The Hall–Kier alpha value is -1.43. The molecule has 1 saturated carbocycles. The van der Waals surface area contributed by atoms with Crippen molar-refractivity contribution in [2.45, 2.75) is 56.1 Å². The number of ether oxygens (including phenoxy) is 1. The molecule has 1 atom stereocenters. The van der Waals surface area contributed by atoms with Crippen molar-refractivity contribution < 1.29 is 19.7 Å². The zero-order chi connectivity index (χ0) is 17.8. The molecule has 2 aliphatic rings. The lowest BCUT2D eigenvalue weighted by Gasteiger charge is -2.43. The number of hydrogen-bond donors (Lipinski definition) is 2. The molecule has 1 saturated heterocycles. The summed E-state index contributed by atoms with van der Waals surface area (Å²) >= 11 is 0. The SMILES string of the molecule is O=C(CC1(O)CCCCC1)N1CCO[C@@](CO)(Cc2ccccc2)C1. The highest BCUT2D eigenvalue weighted by atomic mass is 16.5. The normalized spacial score (nSPS) is 26.4. The van der Waals surface area contributed by atoms with Gasteiger partial charge in [-0.15, -0.1) is 0 Å². The van der Waals surface area contributed by atoms with E-state index in [1.165, 1.54) is 0 Å². The predicted molar refractivity (Wildman–Crippen MR) is 95.1 cm³/mol. The second-order valence-electron chi connectivity index (χ2n) is 7.63. The smallest absolute Gasteiger partial charge is 0.225 e. The first-order valence-electron chi connectivity index (χ1n) is 9.33. The molecule has 1 aliphatic carbocycles. The molecule has 0 unspecified atom stereocenters. The van der Waals surface area contributed by atoms with Crippen LogP contribution in [0.1, 0.15) is 44.1 Å². The van der Waals surface area contributed by atoms with Crippen LogP contribution in [0.5, 0.6) is 0 Å². The number of benzene rings is 1. The first-order valence-corrected chi connectivity index (χ1v) is 9.33. The second-order valence-corrected chi connectivity index (χ2v) is 7.63. The lowest BCUT2D eigenvalue weighted by molar-refractivity contribution is -0.162. The number of aliphatic hydroxyl groups is 2. The molecule has 2 fully saturated rings. The summed E-state index contributed by atoms with van der Waals surface area (Å²) in [7, 11) is 0. The van der Waals surface area contributed by atoms with Gasteiger partial charge in [-0.25, -0.2) is 0 Å². The standard InChI is InChI=1S/C20H29NO4/c22-16-20(13-17-7-3-1-4-8-17)15-21(11-12-25-20)18(23)14-19(24)9-5-2-6-10-19/h1,3-4,7-8,22,24H,2,5-6,9-16H2/t20-/m0/s1. The van der Waals surface area contributed by atoms with Crippen molar-refractivity contribution in [3.05, 3.63) is 35.9 Å². The van der Waals surface area contributed by atoms with Crippen LogP contribution in [0.4, 0.5) is 0 Å². The monoisotopic (exact) mass is 347 g/mol. The van der Waals surface area contributed by atoms with Crippen LogP contribution in [-0.2, 0) is 16.0 Å². The highest BCUT2D eigenvalue weighted by molar-refractivity contribution is 5.77. The van der Waals surface area contributed by atoms with Crippen molar-refractivity contribution in [2.24, 2.45) is 0 Å². The summed E-state index contributed by atoms with van der Waals surface area (Å²) in [6, 6.07) is 9.89. The van der Waals surface area contributed by atoms with Crippen LogP contribution < -0.4 is 0 Å². The molecule has 0 aromatic heterocycles. The van der Waals surface area contributed by atoms with E-state index in [0.29, 0.717) is 39.0 Å². The van der Waals surface area contributed by atoms with Crippen molar-refractivity contribution in [2.75, 3.05) is 26.3 Å². The molecule has 0 spiro atoms. The minimum absolute atomic E-state index is 0.0291. The minimum atomic E-state index is -0.852. The van der Waals surface area contributed by atoms with Crippen LogP contribution in [0.3, 0.4) is 0 Å². The second kappa shape index (κ2) is 7.85. The number of morpholine rings is 1. The number of rotatable bonds is 5. The van der Waals surface area contributed by atoms with Crippen LogP contribution in [0.2, 0.25) is 0 Å². The van der Waals surface area contributed by atoms with Gasteiger partial charge in [-0.3, -0.25) is 4.79 Å². The average molecular weight is 347 g/mol. The molecule has 1 heterocycles. The van der Waals surface area contributed by atoms with E-state index in [1.54, 1.807) is 4.90 Å². The molecule has 5 heteroatoms. The molecule has 3 rings (SSSR count). The molecule has 1 aliphatic heterocycles. The van der Waals surface area contributed by atoms with Crippen molar-refractivity contribution in [1.29, 1.82) is 0 Å². The first kappa shape index (κ1) is 18.4. The Balaban J connectivity index is 1.65. The Morgan fingerprint density at radius 1 is 1.16 bits per heavy atom. The van der Waals surface area contributed by atoms with E-state index in [0.717, 1.165) is 24.8 Å². The third-order valence-corrected chi connectivity index (χ3v) is 5.52. The maximum absolute atomic E-state index is 12.8. The summed E-state index contributed by atoms with van der Waals surface area (Å²) in [6.07, 6.45) is 5.27. The van der Waals surface area contributed by atoms with Crippen LogP contribution in [0.25, 0.3) is 0 Å². The number of carbonyl (C=O) groups excluding carboxylic acids is 1. The molecule has 2 N–H and O–H groups in total. The molecule has 138 valence electrons. The highest BCUT2D eigenvalue weighted by Crippen LogP contribution is 2.32. The third kappa shape index (κ3) is 4.60.